The normalized spacial score (nSPS) is 12.2. The molecule has 3 heterocycles. The van der Waals surface area contributed by atoms with Crippen molar-refractivity contribution in [1.82, 2.24) is 9.13 Å². The molecule has 0 spiro atoms. The third-order valence-electron chi connectivity index (χ3n) is 10.2. The summed E-state index contributed by atoms with van der Waals surface area (Å²) in [5, 5.41) is 6.85. The molecule has 0 saturated heterocycles. The lowest BCUT2D eigenvalue weighted by molar-refractivity contribution is 0.677. The highest BCUT2D eigenvalue weighted by molar-refractivity contribution is 6.29. The van der Waals surface area contributed by atoms with E-state index in [2.05, 4.69) is 174 Å². The Bertz CT molecular complexity index is 3060. The summed E-state index contributed by atoms with van der Waals surface area (Å²) in [6.45, 7) is 7.89. The number of fused-ring (bicyclic) bond motifs is 11. The molecule has 0 saturated carbocycles. The first-order valence-corrected chi connectivity index (χ1v) is 17.3. The molecule has 3 nitrogen and oxygen atoms in total. The van der Waals surface area contributed by atoms with Crippen LogP contribution in [0.3, 0.4) is 0 Å². The van der Waals surface area contributed by atoms with Gasteiger partial charge in [0.1, 0.15) is 11.2 Å². The quantitative estimate of drug-likeness (QED) is 0.164. The molecule has 10 rings (SSSR count). The van der Waals surface area contributed by atoms with Gasteiger partial charge in [-0.1, -0.05) is 116 Å². The number of furan rings is 1. The molecular formula is C48H32N2O. The fraction of sp³-hybridized carbons (Fsp3) is 0. The van der Waals surface area contributed by atoms with Crippen molar-refractivity contribution in [2.24, 2.45) is 0 Å². The molecule has 0 amide bonds. The Morgan fingerprint density at radius 2 is 1.02 bits per heavy atom. The summed E-state index contributed by atoms with van der Waals surface area (Å²) in [5.41, 5.74) is 13.0. The topological polar surface area (TPSA) is 23.0 Å². The van der Waals surface area contributed by atoms with E-state index in [-0.39, 0.29) is 0 Å². The van der Waals surface area contributed by atoms with Gasteiger partial charge in [-0.3, -0.25) is 0 Å². The van der Waals surface area contributed by atoms with Gasteiger partial charge >= 0.3 is 0 Å². The molecule has 0 aliphatic rings. The number of allylic oxidation sites excluding steroid dienone is 4. The molecule has 51 heavy (non-hydrogen) atoms. The van der Waals surface area contributed by atoms with Gasteiger partial charge in [0, 0.05) is 32.9 Å². The van der Waals surface area contributed by atoms with E-state index in [0.29, 0.717) is 0 Å². The number of nitrogens with zero attached hydrogens (tertiary/aromatic N) is 2. The Kier molecular flexibility index (Phi) is 6.49. The summed E-state index contributed by atoms with van der Waals surface area (Å²) in [6, 6.07) is 54.2. The average Bonchev–Trinajstić information content (AvgIpc) is 3.85. The lowest BCUT2D eigenvalue weighted by Gasteiger charge is -2.11. The second kappa shape index (κ2) is 11.4. The summed E-state index contributed by atoms with van der Waals surface area (Å²) in [4.78, 5) is 0. The van der Waals surface area contributed by atoms with E-state index in [1.807, 2.05) is 12.2 Å². The van der Waals surface area contributed by atoms with Crippen LogP contribution in [0.15, 0.2) is 187 Å². The van der Waals surface area contributed by atoms with Crippen LogP contribution in [0.25, 0.3) is 93.6 Å². The summed E-state index contributed by atoms with van der Waals surface area (Å²) >= 11 is 0. The lowest BCUT2D eigenvalue weighted by Crippen LogP contribution is -1.94. The van der Waals surface area contributed by atoms with Crippen LogP contribution in [0.2, 0.25) is 0 Å². The van der Waals surface area contributed by atoms with E-state index in [4.69, 9.17) is 4.42 Å². The number of benzene rings is 7. The van der Waals surface area contributed by atoms with Crippen LogP contribution in [0.1, 0.15) is 5.56 Å². The highest BCUT2D eigenvalue weighted by atomic mass is 16.3. The van der Waals surface area contributed by atoms with Gasteiger partial charge in [0.05, 0.1) is 32.8 Å². The number of aromatic nitrogens is 2. The monoisotopic (exact) mass is 652 g/mol. The molecule has 0 N–H and O–H groups in total. The Balaban J connectivity index is 1.22. The first-order chi connectivity index (χ1) is 25.2. The van der Waals surface area contributed by atoms with Gasteiger partial charge in [-0.25, -0.2) is 0 Å². The van der Waals surface area contributed by atoms with E-state index >= 15 is 0 Å². The van der Waals surface area contributed by atoms with Crippen molar-refractivity contribution in [1.29, 1.82) is 0 Å². The molecule has 0 fully saturated rings. The molecule has 240 valence electrons. The lowest BCUT2D eigenvalue weighted by atomic mass is 9.98. The van der Waals surface area contributed by atoms with E-state index in [9.17, 15) is 0 Å². The van der Waals surface area contributed by atoms with Crippen molar-refractivity contribution >= 4 is 71.1 Å². The van der Waals surface area contributed by atoms with Gasteiger partial charge < -0.3 is 13.6 Å². The maximum atomic E-state index is 7.11. The van der Waals surface area contributed by atoms with Crippen molar-refractivity contribution in [3.8, 4) is 22.5 Å². The van der Waals surface area contributed by atoms with Crippen LogP contribution >= 0.6 is 0 Å². The maximum Gasteiger partial charge on any atom is 0.145 e. The molecule has 7 aromatic carbocycles. The summed E-state index contributed by atoms with van der Waals surface area (Å²) in [5.74, 6) is 0. The molecule has 0 unspecified atom stereocenters. The zero-order valence-corrected chi connectivity index (χ0v) is 27.9. The SMILES string of the molecule is C=C/C=C(\C=C)c1cccc(-c2cccc(-n3c4ccccc4c4c5oc6c(ccc7c6c6ccccc6n7-c6ccccc6)c5ccc43)c2)c1. The summed E-state index contributed by atoms with van der Waals surface area (Å²) < 4.78 is 11.8. The predicted octanol–water partition coefficient (Wildman–Crippen LogP) is 13.2. The first-order valence-electron chi connectivity index (χ1n) is 17.3. The zero-order chi connectivity index (χ0) is 34.1. The van der Waals surface area contributed by atoms with Crippen molar-refractivity contribution in [2.75, 3.05) is 0 Å². The number of hydrogen-bond donors (Lipinski definition) is 0. The molecule has 0 bridgehead atoms. The van der Waals surface area contributed by atoms with E-state index < -0.39 is 0 Å². The maximum absolute atomic E-state index is 7.11. The smallest absolute Gasteiger partial charge is 0.145 e. The summed E-state index contributed by atoms with van der Waals surface area (Å²) in [7, 11) is 0. The molecule has 0 radical (unpaired) electrons. The second-order valence-corrected chi connectivity index (χ2v) is 13.0. The largest absolute Gasteiger partial charge is 0.455 e. The van der Waals surface area contributed by atoms with Gasteiger partial charge in [0.25, 0.3) is 0 Å². The molecule has 0 atom stereocenters. The van der Waals surface area contributed by atoms with E-state index in [1.165, 1.54) is 5.39 Å². The second-order valence-electron chi connectivity index (χ2n) is 13.0. The van der Waals surface area contributed by atoms with Gasteiger partial charge in [-0.15, -0.1) is 0 Å². The van der Waals surface area contributed by atoms with Crippen molar-refractivity contribution in [2.45, 2.75) is 0 Å². The van der Waals surface area contributed by atoms with Gasteiger partial charge in [0.15, 0.2) is 0 Å². The van der Waals surface area contributed by atoms with Crippen molar-refractivity contribution in [3.63, 3.8) is 0 Å². The Morgan fingerprint density at radius 1 is 0.471 bits per heavy atom. The number of hydrogen-bond acceptors (Lipinski definition) is 1. The summed E-state index contributed by atoms with van der Waals surface area (Å²) in [6.07, 6.45) is 5.67. The molecule has 3 heteroatoms. The fourth-order valence-electron chi connectivity index (χ4n) is 8.04. The van der Waals surface area contributed by atoms with Crippen LogP contribution in [0, 0.1) is 0 Å². The number of rotatable bonds is 6. The van der Waals surface area contributed by atoms with Crippen molar-refractivity contribution in [3.05, 3.63) is 189 Å². The third-order valence-corrected chi connectivity index (χ3v) is 10.2. The minimum absolute atomic E-state index is 0.913. The van der Waals surface area contributed by atoms with Crippen LogP contribution in [-0.4, -0.2) is 9.13 Å². The third kappa shape index (κ3) is 4.32. The molecule has 10 aromatic rings. The van der Waals surface area contributed by atoms with Crippen molar-refractivity contribution < 1.29 is 4.42 Å². The molecule has 0 aliphatic carbocycles. The Hall–Kier alpha value is -6.84. The Morgan fingerprint density at radius 3 is 1.65 bits per heavy atom. The van der Waals surface area contributed by atoms with Gasteiger partial charge in [0.2, 0.25) is 0 Å². The van der Waals surface area contributed by atoms with Crippen LogP contribution < -0.4 is 0 Å². The van der Waals surface area contributed by atoms with Crippen LogP contribution in [0.4, 0.5) is 0 Å². The highest BCUT2D eigenvalue weighted by Gasteiger charge is 2.22. The minimum atomic E-state index is 0.913. The van der Waals surface area contributed by atoms with Crippen LogP contribution in [-0.2, 0) is 0 Å². The molecule has 3 aromatic heterocycles. The highest BCUT2D eigenvalue weighted by Crippen LogP contribution is 2.44. The molecule has 0 aliphatic heterocycles. The molecular weight excluding hydrogens is 621 g/mol. The van der Waals surface area contributed by atoms with Crippen LogP contribution in [0.5, 0.6) is 0 Å². The first kappa shape index (κ1) is 29.1. The zero-order valence-electron chi connectivity index (χ0n) is 27.9. The van der Waals surface area contributed by atoms with E-state index in [1.54, 1.807) is 6.08 Å². The minimum Gasteiger partial charge on any atom is -0.455 e. The predicted molar refractivity (Wildman–Crippen MR) is 216 cm³/mol. The van der Waals surface area contributed by atoms with E-state index in [0.717, 1.165) is 93.8 Å². The van der Waals surface area contributed by atoms with Gasteiger partial charge in [-0.05, 0) is 89.0 Å². The van der Waals surface area contributed by atoms with Gasteiger partial charge in [-0.2, -0.15) is 0 Å². The Labute approximate surface area is 294 Å². The standard InChI is InChI=1S/C48H32N2O/c1-3-14-31(4-2)32-15-12-16-33(29-32)34-17-13-20-36(30-34)50-42-24-11-9-22-40(42)46-44(50)28-26-38-37-25-27-43-45(47(37)51-48(38)46)39-21-8-10-23-41(39)49(43)35-18-6-5-7-19-35/h3-30H,1-2H2/b31-14+. The number of para-hydroxylation sites is 3. The average molecular weight is 653 g/mol. The fourth-order valence-corrected chi connectivity index (χ4v) is 8.04.